The molecule has 0 bridgehead atoms. The van der Waals surface area contributed by atoms with Crippen molar-refractivity contribution in [3.63, 3.8) is 0 Å². The van der Waals surface area contributed by atoms with Crippen LogP contribution in [0.15, 0.2) is 167 Å². The van der Waals surface area contributed by atoms with E-state index < -0.39 is 8.96 Å². The van der Waals surface area contributed by atoms with Crippen molar-refractivity contribution in [3.8, 4) is 17.3 Å². The Kier molecular flexibility index (Phi) is 7.08. The van der Waals surface area contributed by atoms with Gasteiger partial charge in [-0.25, -0.2) is 14.5 Å². The van der Waals surface area contributed by atoms with Crippen LogP contribution < -0.4 is 10.4 Å². The van der Waals surface area contributed by atoms with Gasteiger partial charge in [0.05, 0.1) is 16.7 Å². The molecule has 0 amide bonds. The van der Waals surface area contributed by atoms with Crippen molar-refractivity contribution in [2.24, 2.45) is 0 Å². The molecule has 52 heavy (non-hydrogen) atoms. The number of aromatic nitrogens is 5. The van der Waals surface area contributed by atoms with Gasteiger partial charge in [0.1, 0.15) is 16.7 Å². The monoisotopic (exact) mass is 865 g/mol. The summed E-state index contributed by atoms with van der Waals surface area (Å²) in [7, 11) is -1.53. The third-order valence-electron chi connectivity index (χ3n) is 9.85. The summed E-state index contributed by atoms with van der Waals surface area (Å²) in [5.74, 6) is 0. The van der Waals surface area contributed by atoms with Gasteiger partial charge in [0.15, 0.2) is 17.6 Å². The molecule has 0 aliphatic heterocycles. The molecular weight excluding hydrogens is 839 g/mol. The van der Waals surface area contributed by atoms with E-state index in [4.69, 9.17) is 18.8 Å². The second-order valence-electron chi connectivity index (χ2n) is 12.7. The van der Waals surface area contributed by atoms with Crippen molar-refractivity contribution in [2.45, 2.75) is 0 Å². The normalized spacial score (nSPS) is 11.9. The second-order valence-corrected chi connectivity index (χ2v) is 15.0. The summed E-state index contributed by atoms with van der Waals surface area (Å²) in [4.78, 5) is 15.1. The average Bonchev–Trinajstić information content (AvgIpc) is 3.98. The third kappa shape index (κ3) is 4.50. The van der Waals surface area contributed by atoms with Gasteiger partial charge >= 0.3 is 6.01 Å². The summed E-state index contributed by atoms with van der Waals surface area (Å²) < 4.78 is 17.0. The van der Waals surface area contributed by atoms with E-state index in [1.807, 2.05) is 30.3 Å². The van der Waals surface area contributed by atoms with Gasteiger partial charge < -0.3 is 13.1 Å². The number of nitrogens with zero attached hydrogens (tertiary/aromatic N) is 5. The van der Waals surface area contributed by atoms with Crippen LogP contribution in [0.4, 0.5) is 0 Å². The van der Waals surface area contributed by atoms with Gasteiger partial charge in [-0.15, -0.1) is 0 Å². The second kappa shape index (κ2) is 12.0. The quantitative estimate of drug-likeness (QED) is 0.162. The predicted octanol–water partition coefficient (Wildman–Crippen LogP) is 8.89. The molecule has 0 N–H and O–H groups in total. The first-order chi connectivity index (χ1) is 25.3. The molecule has 248 valence electrons. The van der Waals surface area contributed by atoms with Crippen molar-refractivity contribution in [3.05, 3.63) is 158 Å². The van der Waals surface area contributed by atoms with Gasteiger partial charge in [-0.05, 0) is 52.8 Å². The Morgan fingerprint density at radius 2 is 1.19 bits per heavy atom. The van der Waals surface area contributed by atoms with Gasteiger partial charge in [-0.3, -0.25) is 0 Å². The van der Waals surface area contributed by atoms with E-state index in [1.54, 1.807) is 0 Å². The summed E-state index contributed by atoms with van der Waals surface area (Å²) in [6.07, 6.45) is 1.48. The Hall–Kier alpha value is -6.12. The number of rotatable bonds is 5. The molecule has 11 rings (SSSR count). The van der Waals surface area contributed by atoms with Gasteiger partial charge in [-0.2, -0.15) is 4.98 Å². The summed E-state index contributed by atoms with van der Waals surface area (Å²) in [5.41, 5.74) is 8.71. The van der Waals surface area contributed by atoms with Crippen LogP contribution in [0.5, 0.6) is 0 Å². The molecule has 0 spiro atoms. The molecule has 2 radical (unpaired) electrons. The largest absolute Gasteiger partial charge is 0.443 e. The van der Waals surface area contributed by atoms with Crippen molar-refractivity contribution >= 4 is 85.3 Å². The standard InChI is InChI=1S/C43H26N5O2Si.Ir/c1-3-12-27(13-4-1)51(28-14-5-2-6-15-28)48-36-20-10-8-16-29(36)31-23-25-38-40(41(31)48)46-43(50-38)47-35-19-9-7-17-30(35)32-22-24-34(45-42(32)47)33-18-11-21-37-39(33)44-26-49-37;/h1-26H;. The molecular formula is C43H26IrN5O2Si. The minimum absolute atomic E-state index is 0. The van der Waals surface area contributed by atoms with Gasteiger partial charge in [0.2, 0.25) is 8.96 Å². The third-order valence-corrected chi connectivity index (χ3v) is 12.5. The zero-order valence-electron chi connectivity index (χ0n) is 27.4. The Balaban J connectivity index is 0.00000338. The maximum Gasteiger partial charge on any atom is 0.309 e. The van der Waals surface area contributed by atoms with Crippen LogP contribution in [0.25, 0.3) is 83.2 Å². The first-order valence-electron chi connectivity index (χ1n) is 16.9. The molecule has 0 saturated carbocycles. The van der Waals surface area contributed by atoms with Crippen molar-refractivity contribution < 1.29 is 28.9 Å². The number of fused-ring (bicyclic) bond motifs is 9. The zero-order valence-corrected chi connectivity index (χ0v) is 30.8. The van der Waals surface area contributed by atoms with E-state index in [9.17, 15) is 0 Å². The van der Waals surface area contributed by atoms with Gasteiger partial charge in [0, 0.05) is 52.7 Å². The average molecular weight is 865 g/mol. The molecule has 11 aromatic rings. The van der Waals surface area contributed by atoms with Gasteiger partial charge in [0.25, 0.3) is 0 Å². The maximum absolute atomic E-state index is 6.76. The molecule has 6 aromatic carbocycles. The van der Waals surface area contributed by atoms with E-state index in [-0.39, 0.29) is 20.1 Å². The zero-order chi connectivity index (χ0) is 33.5. The molecule has 0 atom stereocenters. The predicted molar refractivity (Wildman–Crippen MR) is 205 cm³/mol. The number of pyridine rings is 1. The molecule has 0 unspecified atom stereocenters. The summed E-state index contributed by atoms with van der Waals surface area (Å²) in [5, 5.41) is 7.01. The van der Waals surface area contributed by atoms with E-state index in [1.165, 1.54) is 27.7 Å². The number of para-hydroxylation sites is 3. The molecule has 7 nitrogen and oxygen atoms in total. The Labute approximate surface area is 311 Å². The first kappa shape index (κ1) is 30.7. The van der Waals surface area contributed by atoms with E-state index >= 15 is 0 Å². The Morgan fingerprint density at radius 1 is 0.519 bits per heavy atom. The number of hydrogen-bond acceptors (Lipinski definition) is 5. The number of hydrogen-bond donors (Lipinski definition) is 0. The van der Waals surface area contributed by atoms with Crippen LogP contribution in [0.1, 0.15) is 0 Å². The van der Waals surface area contributed by atoms with Crippen molar-refractivity contribution in [2.75, 3.05) is 0 Å². The fraction of sp³-hybridized carbons (Fsp3) is 0. The molecule has 0 aliphatic rings. The summed E-state index contributed by atoms with van der Waals surface area (Å²) in [6.45, 7) is 0. The molecule has 0 fully saturated rings. The molecule has 0 saturated heterocycles. The minimum Gasteiger partial charge on any atom is -0.443 e. The van der Waals surface area contributed by atoms with Crippen molar-refractivity contribution in [1.29, 1.82) is 0 Å². The number of oxazole rings is 2. The fourth-order valence-corrected chi connectivity index (χ4v) is 10.4. The van der Waals surface area contributed by atoms with Gasteiger partial charge in [-0.1, -0.05) is 109 Å². The smallest absolute Gasteiger partial charge is 0.309 e. The van der Waals surface area contributed by atoms with Crippen LogP contribution in [0, 0.1) is 0 Å². The van der Waals surface area contributed by atoms with Crippen LogP contribution in [0.3, 0.4) is 0 Å². The maximum atomic E-state index is 6.76. The molecule has 9 heteroatoms. The SMILES string of the molecule is [Ir].c1ccc([Si](c2ccccc2)n2c3ccccc3c3ccc4oc(-n5c6ccccc6c6ccc(-c7cccc8ocnc78)nc65)nc4c32)cc1. The minimum atomic E-state index is -1.53. The Bertz CT molecular complexity index is 3070. The number of benzene rings is 6. The van der Waals surface area contributed by atoms with Crippen molar-refractivity contribution in [1.82, 2.24) is 23.8 Å². The van der Waals surface area contributed by atoms with Crippen LogP contribution in [-0.2, 0) is 20.1 Å². The fourth-order valence-electron chi connectivity index (χ4n) is 7.65. The molecule has 0 aliphatic carbocycles. The van der Waals surface area contributed by atoms with Crippen LogP contribution in [-0.4, -0.2) is 32.7 Å². The Morgan fingerprint density at radius 3 is 1.96 bits per heavy atom. The summed E-state index contributed by atoms with van der Waals surface area (Å²) >= 11 is 0. The van der Waals surface area contributed by atoms with E-state index in [0.717, 1.165) is 66.3 Å². The van der Waals surface area contributed by atoms with Crippen LogP contribution in [0.2, 0.25) is 0 Å². The topological polar surface area (TPSA) is 74.8 Å². The first-order valence-corrected chi connectivity index (χ1v) is 18.3. The molecule has 5 aromatic heterocycles. The molecule has 5 heterocycles. The van der Waals surface area contributed by atoms with Crippen LogP contribution >= 0.6 is 0 Å². The van der Waals surface area contributed by atoms with E-state index in [0.29, 0.717) is 6.01 Å². The summed E-state index contributed by atoms with van der Waals surface area (Å²) in [6, 6.07) is 53.5. The van der Waals surface area contributed by atoms with E-state index in [2.05, 4.69) is 135 Å².